The van der Waals surface area contributed by atoms with Crippen molar-refractivity contribution in [2.75, 3.05) is 20.6 Å². The van der Waals surface area contributed by atoms with Gasteiger partial charge in [-0.25, -0.2) is 0 Å². The SMILES string of the molecule is CCC(=O)c1ccc(C[C@@H](CNC(=O)C[C@H](c2cccnc2)C(C)(C)C)N(C)C)c(C)c1. The van der Waals surface area contributed by atoms with Crippen molar-refractivity contribution in [3.05, 3.63) is 65.0 Å². The highest BCUT2D eigenvalue weighted by Crippen LogP contribution is 2.37. The molecule has 1 amide bonds. The first kappa shape index (κ1) is 25.7. The zero-order chi connectivity index (χ0) is 23.9. The van der Waals surface area contributed by atoms with Crippen molar-refractivity contribution in [1.82, 2.24) is 15.2 Å². The molecular formula is C27H39N3O2. The summed E-state index contributed by atoms with van der Waals surface area (Å²) in [6.45, 7) is 11.0. The van der Waals surface area contributed by atoms with Gasteiger partial charge in [0.1, 0.15) is 0 Å². The molecule has 5 heteroatoms. The van der Waals surface area contributed by atoms with Gasteiger partial charge in [0.25, 0.3) is 0 Å². The van der Waals surface area contributed by atoms with Gasteiger partial charge in [-0.2, -0.15) is 0 Å². The Hall–Kier alpha value is -2.53. The average molecular weight is 438 g/mol. The lowest BCUT2D eigenvalue weighted by Gasteiger charge is -2.31. The monoisotopic (exact) mass is 437 g/mol. The fourth-order valence-corrected chi connectivity index (χ4v) is 3.99. The molecule has 0 fully saturated rings. The maximum Gasteiger partial charge on any atom is 0.220 e. The molecule has 1 heterocycles. The van der Waals surface area contributed by atoms with Gasteiger partial charge < -0.3 is 10.2 Å². The minimum Gasteiger partial charge on any atom is -0.355 e. The predicted molar refractivity (Wildman–Crippen MR) is 131 cm³/mol. The molecule has 1 N–H and O–H groups in total. The van der Waals surface area contributed by atoms with Gasteiger partial charge >= 0.3 is 0 Å². The summed E-state index contributed by atoms with van der Waals surface area (Å²) < 4.78 is 0. The van der Waals surface area contributed by atoms with Crippen molar-refractivity contribution in [1.29, 1.82) is 0 Å². The van der Waals surface area contributed by atoms with Crippen molar-refractivity contribution in [2.45, 2.75) is 65.8 Å². The molecule has 1 aromatic carbocycles. The minimum absolute atomic E-state index is 0.0455. The summed E-state index contributed by atoms with van der Waals surface area (Å²) >= 11 is 0. The van der Waals surface area contributed by atoms with Crippen molar-refractivity contribution in [2.24, 2.45) is 5.41 Å². The molecule has 0 aliphatic rings. The molecule has 2 rings (SSSR count). The zero-order valence-electron chi connectivity index (χ0n) is 20.7. The van der Waals surface area contributed by atoms with E-state index in [1.807, 2.05) is 45.4 Å². The summed E-state index contributed by atoms with van der Waals surface area (Å²) in [4.78, 5) is 31.3. The maximum atomic E-state index is 12.9. The number of pyridine rings is 1. The summed E-state index contributed by atoms with van der Waals surface area (Å²) in [5, 5.41) is 3.16. The van der Waals surface area contributed by atoms with Crippen LogP contribution in [0.4, 0.5) is 0 Å². The molecular weight excluding hydrogens is 398 g/mol. The number of hydrogen-bond acceptors (Lipinski definition) is 4. The molecule has 0 aliphatic heterocycles. The topological polar surface area (TPSA) is 62.3 Å². The molecule has 0 radical (unpaired) electrons. The highest BCUT2D eigenvalue weighted by Gasteiger charge is 2.29. The molecule has 174 valence electrons. The number of carbonyl (C=O) groups is 2. The Morgan fingerprint density at radius 1 is 1.16 bits per heavy atom. The van der Waals surface area contributed by atoms with Crippen LogP contribution in [0.1, 0.15) is 73.5 Å². The van der Waals surface area contributed by atoms with Gasteiger partial charge in [-0.15, -0.1) is 0 Å². The van der Waals surface area contributed by atoms with Crippen LogP contribution in [0.5, 0.6) is 0 Å². The quantitative estimate of drug-likeness (QED) is 0.543. The third-order valence-corrected chi connectivity index (χ3v) is 6.23. The van der Waals surface area contributed by atoms with Crippen LogP contribution in [0.25, 0.3) is 0 Å². The van der Waals surface area contributed by atoms with E-state index in [0.29, 0.717) is 19.4 Å². The normalized spacial score (nSPS) is 13.6. The van der Waals surface area contributed by atoms with Crippen LogP contribution in [-0.2, 0) is 11.2 Å². The second-order valence-electron chi connectivity index (χ2n) is 9.95. The number of hydrogen-bond donors (Lipinski definition) is 1. The molecule has 0 aliphatic carbocycles. The Balaban J connectivity index is 2.04. The third-order valence-electron chi connectivity index (χ3n) is 6.23. The van der Waals surface area contributed by atoms with Crippen molar-refractivity contribution >= 4 is 11.7 Å². The van der Waals surface area contributed by atoms with E-state index in [-0.39, 0.29) is 29.1 Å². The Morgan fingerprint density at radius 2 is 1.88 bits per heavy atom. The van der Waals surface area contributed by atoms with E-state index in [1.54, 1.807) is 6.20 Å². The number of aromatic nitrogens is 1. The fraction of sp³-hybridized carbons (Fsp3) is 0.519. The van der Waals surface area contributed by atoms with Gasteiger partial charge in [0.15, 0.2) is 5.78 Å². The van der Waals surface area contributed by atoms with E-state index in [9.17, 15) is 9.59 Å². The Morgan fingerprint density at radius 3 is 2.41 bits per heavy atom. The zero-order valence-corrected chi connectivity index (χ0v) is 20.7. The second kappa shape index (κ2) is 11.4. The Kier molecular flexibility index (Phi) is 9.14. The van der Waals surface area contributed by atoms with Crippen LogP contribution in [-0.4, -0.2) is 48.3 Å². The van der Waals surface area contributed by atoms with Crippen molar-refractivity contribution in [3.8, 4) is 0 Å². The molecule has 0 unspecified atom stereocenters. The summed E-state index contributed by atoms with van der Waals surface area (Å²) in [7, 11) is 4.07. The molecule has 0 spiro atoms. The van der Waals surface area contributed by atoms with Crippen molar-refractivity contribution in [3.63, 3.8) is 0 Å². The molecule has 0 saturated heterocycles. The van der Waals surface area contributed by atoms with Crippen LogP contribution >= 0.6 is 0 Å². The number of rotatable bonds is 10. The van der Waals surface area contributed by atoms with Crippen LogP contribution < -0.4 is 5.32 Å². The highest BCUT2D eigenvalue weighted by atomic mass is 16.1. The van der Waals surface area contributed by atoms with Crippen LogP contribution in [0.15, 0.2) is 42.7 Å². The van der Waals surface area contributed by atoms with Gasteiger partial charge in [0, 0.05) is 43.4 Å². The first-order valence-electron chi connectivity index (χ1n) is 11.5. The maximum absolute atomic E-state index is 12.9. The average Bonchev–Trinajstić information content (AvgIpc) is 2.74. The van der Waals surface area contributed by atoms with E-state index >= 15 is 0 Å². The number of benzene rings is 1. The van der Waals surface area contributed by atoms with Gasteiger partial charge in [-0.1, -0.05) is 45.9 Å². The number of nitrogens with one attached hydrogen (secondary N) is 1. The predicted octanol–water partition coefficient (Wildman–Crippen LogP) is 4.79. The van der Waals surface area contributed by atoms with Gasteiger partial charge in [-0.05, 0) is 67.6 Å². The Bertz CT molecular complexity index is 901. The number of amides is 1. The molecule has 2 aromatic rings. The van der Waals surface area contributed by atoms with E-state index < -0.39 is 0 Å². The summed E-state index contributed by atoms with van der Waals surface area (Å²) in [5.41, 5.74) is 4.14. The number of ketones is 1. The van der Waals surface area contributed by atoms with Crippen molar-refractivity contribution < 1.29 is 9.59 Å². The highest BCUT2D eigenvalue weighted by molar-refractivity contribution is 5.96. The molecule has 0 bridgehead atoms. The van der Waals surface area contributed by atoms with Crippen LogP contribution in [0.2, 0.25) is 0 Å². The number of Topliss-reactive ketones (excluding diaryl/α,β-unsaturated/α-hetero) is 1. The molecule has 32 heavy (non-hydrogen) atoms. The van der Waals surface area contributed by atoms with E-state index in [0.717, 1.165) is 23.1 Å². The molecule has 0 saturated carbocycles. The standard InChI is InChI=1S/C27H39N3O2/c1-8-25(31)21-12-11-20(19(2)14-21)15-23(30(6)7)18-29-26(32)16-24(27(3,4)5)22-10-9-13-28-17-22/h9-14,17,23-24H,8,15-16,18H2,1-7H3,(H,29,32)/t23-,24+/m0/s1. The molecule has 2 atom stereocenters. The summed E-state index contributed by atoms with van der Waals surface area (Å²) in [5.74, 6) is 0.319. The Labute approximate surface area is 193 Å². The second-order valence-corrected chi connectivity index (χ2v) is 9.95. The minimum atomic E-state index is -0.0455. The fourth-order valence-electron chi connectivity index (χ4n) is 3.99. The largest absolute Gasteiger partial charge is 0.355 e. The van der Waals surface area contributed by atoms with Crippen LogP contribution in [0, 0.1) is 12.3 Å². The first-order chi connectivity index (χ1) is 15.0. The van der Waals surface area contributed by atoms with Gasteiger partial charge in [0.05, 0.1) is 0 Å². The number of nitrogens with zero attached hydrogens (tertiary/aromatic N) is 2. The third kappa shape index (κ3) is 7.27. The lowest BCUT2D eigenvalue weighted by Crippen LogP contribution is -2.42. The van der Waals surface area contributed by atoms with Gasteiger partial charge in [-0.3, -0.25) is 14.6 Å². The smallest absolute Gasteiger partial charge is 0.220 e. The van der Waals surface area contributed by atoms with E-state index in [2.05, 4.69) is 55.0 Å². The number of aryl methyl sites for hydroxylation is 1. The molecule has 5 nitrogen and oxygen atoms in total. The van der Waals surface area contributed by atoms with Gasteiger partial charge in [0.2, 0.25) is 5.91 Å². The van der Waals surface area contributed by atoms with E-state index in [1.165, 1.54) is 5.56 Å². The lowest BCUT2D eigenvalue weighted by atomic mass is 9.75. The summed E-state index contributed by atoms with van der Waals surface area (Å²) in [6, 6.07) is 10.1. The first-order valence-corrected chi connectivity index (χ1v) is 11.5. The lowest BCUT2D eigenvalue weighted by molar-refractivity contribution is -0.122. The van der Waals surface area contributed by atoms with Crippen LogP contribution in [0.3, 0.4) is 0 Å². The number of likely N-dealkylation sites (N-methyl/N-ethyl adjacent to an activating group) is 1. The van der Waals surface area contributed by atoms with E-state index in [4.69, 9.17) is 0 Å². The number of carbonyl (C=O) groups excluding carboxylic acids is 2. The summed E-state index contributed by atoms with van der Waals surface area (Å²) in [6.07, 6.45) is 5.38. The molecule has 1 aromatic heterocycles.